The van der Waals surface area contributed by atoms with Crippen LogP contribution in [0.25, 0.3) is 0 Å². The van der Waals surface area contributed by atoms with Crippen LogP contribution >= 0.6 is 0 Å². The molecular weight excluding hydrogens is 275 g/mol. The zero-order valence-corrected chi connectivity index (χ0v) is 12.4. The van der Waals surface area contributed by atoms with Crippen molar-refractivity contribution in [1.82, 2.24) is 0 Å². The van der Waals surface area contributed by atoms with Crippen molar-refractivity contribution in [1.29, 1.82) is 0 Å². The van der Waals surface area contributed by atoms with Crippen molar-refractivity contribution in [3.05, 3.63) is 35.6 Å². The molecule has 0 saturated heterocycles. The third kappa shape index (κ3) is 8.07. The van der Waals surface area contributed by atoms with Crippen molar-refractivity contribution >= 4 is 11.9 Å². The van der Waals surface area contributed by atoms with Crippen molar-refractivity contribution in [3.8, 4) is 0 Å². The molecule has 0 atom stereocenters. The van der Waals surface area contributed by atoms with Crippen molar-refractivity contribution in [2.75, 3.05) is 6.61 Å². The summed E-state index contributed by atoms with van der Waals surface area (Å²) in [7, 11) is 0. The quantitative estimate of drug-likeness (QED) is 0.691. The highest BCUT2D eigenvalue weighted by Gasteiger charge is 2.08. The lowest BCUT2D eigenvalue weighted by molar-refractivity contribution is -0.146. The number of hydrogen-bond donors (Lipinski definition) is 0. The standard InChI is InChI=1S/C16H21FO4/c1-12(2)10-20-15(18)7-4-8-16(19)21-11-13-5-3-6-14(17)9-13/h3,5-6,9,12H,4,7-8,10-11H2,1-2H3. The number of carbonyl (C=O) groups is 2. The molecule has 1 aromatic rings. The maximum absolute atomic E-state index is 12.9. The van der Waals surface area contributed by atoms with Crippen LogP contribution in [-0.4, -0.2) is 18.5 Å². The number of carbonyl (C=O) groups excluding carboxylic acids is 2. The van der Waals surface area contributed by atoms with Gasteiger partial charge in [0.15, 0.2) is 0 Å². The SMILES string of the molecule is CC(C)COC(=O)CCCC(=O)OCc1cccc(F)c1. The number of hydrogen-bond acceptors (Lipinski definition) is 4. The van der Waals surface area contributed by atoms with Gasteiger partial charge in [-0.05, 0) is 30.0 Å². The van der Waals surface area contributed by atoms with E-state index >= 15 is 0 Å². The van der Waals surface area contributed by atoms with Crippen LogP contribution in [0.5, 0.6) is 0 Å². The first kappa shape index (κ1) is 17.1. The molecule has 0 spiro atoms. The van der Waals surface area contributed by atoms with Gasteiger partial charge in [-0.15, -0.1) is 0 Å². The zero-order valence-electron chi connectivity index (χ0n) is 12.4. The summed E-state index contributed by atoms with van der Waals surface area (Å²) >= 11 is 0. The van der Waals surface area contributed by atoms with E-state index in [0.717, 1.165) is 0 Å². The van der Waals surface area contributed by atoms with Gasteiger partial charge in [0.2, 0.25) is 0 Å². The number of benzene rings is 1. The Morgan fingerprint density at radius 3 is 2.43 bits per heavy atom. The van der Waals surface area contributed by atoms with Crippen LogP contribution in [0.15, 0.2) is 24.3 Å². The molecule has 21 heavy (non-hydrogen) atoms. The van der Waals surface area contributed by atoms with Crippen LogP contribution in [0.3, 0.4) is 0 Å². The van der Waals surface area contributed by atoms with E-state index < -0.39 is 5.97 Å². The second-order valence-corrected chi connectivity index (χ2v) is 5.22. The summed E-state index contributed by atoms with van der Waals surface area (Å²) < 4.78 is 22.9. The van der Waals surface area contributed by atoms with E-state index in [0.29, 0.717) is 24.5 Å². The first-order valence-electron chi connectivity index (χ1n) is 7.03. The summed E-state index contributed by atoms with van der Waals surface area (Å²) in [5.74, 6) is -0.779. The Labute approximate surface area is 124 Å². The largest absolute Gasteiger partial charge is 0.465 e. The average molecular weight is 296 g/mol. The van der Waals surface area contributed by atoms with Gasteiger partial charge in [-0.25, -0.2) is 4.39 Å². The lowest BCUT2D eigenvalue weighted by atomic mass is 10.2. The minimum atomic E-state index is -0.407. The molecule has 0 aliphatic heterocycles. The number of rotatable bonds is 8. The maximum Gasteiger partial charge on any atom is 0.306 e. The minimum Gasteiger partial charge on any atom is -0.465 e. The lowest BCUT2D eigenvalue weighted by Crippen LogP contribution is -2.11. The molecule has 0 saturated carbocycles. The van der Waals surface area contributed by atoms with Crippen molar-refractivity contribution in [2.24, 2.45) is 5.92 Å². The van der Waals surface area contributed by atoms with E-state index in [2.05, 4.69) is 0 Å². The van der Waals surface area contributed by atoms with Crippen molar-refractivity contribution in [3.63, 3.8) is 0 Å². The molecule has 0 aromatic heterocycles. The Hall–Kier alpha value is -1.91. The van der Waals surface area contributed by atoms with Crippen molar-refractivity contribution < 1.29 is 23.5 Å². The number of halogens is 1. The summed E-state index contributed by atoms with van der Waals surface area (Å²) in [6, 6.07) is 5.88. The van der Waals surface area contributed by atoms with E-state index in [-0.39, 0.29) is 31.2 Å². The van der Waals surface area contributed by atoms with Crippen LogP contribution in [0.2, 0.25) is 0 Å². The smallest absolute Gasteiger partial charge is 0.306 e. The molecule has 4 nitrogen and oxygen atoms in total. The Morgan fingerprint density at radius 2 is 1.81 bits per heavy atom. The van der Waals surface area contributed by atoms with Crippen LogP contribution < -0.4 is 0 Å². The molecular formula is C16H21FO4. The summed E-state index contributed by atoms with van der Waals surface area (Å²) in [6.07, 6.45) is 0.729. The minimum absolute atomic E-state index is 0.0361. The summed E-state index contributed by atoms with van der Waals surface area (Å²) in [6.45, 7) is 4.34. The fourth-order valence-electron chi connectivity index (χ4n) is 1.57. The summed E-state index contributed by atoms with van der Waals surface area (Å²) in [5, 5.41) is 0. The zero-order chi connectivity index (χ0) is 15.7. The predicted molar refractivity (Wildman–Crippen MR) is 75.8 cm³/mol. The molecule has 0 fully saturated rings. The van der Waals surface area contributed by atoms with E-state index in [1.165, 1.54) is 12.1 Å². The van der Waals surface area contributed by atoms with Crippen LogP contribution in [-0.2, 0) is 25.7 Å². The van der Waals surface area contributed by atoms with Gasteiger partial charge in [0.25, 0.3) is 0 Å². The Morgan fingerprint density at radius 1 is 1.14 bits per heavy atom. The van der Waals surface area contributed by atoms with Gasteiger partial charge < -0.3 is 9.47 Å². The average Bonchev–Trinajstić information content (AvgIpc) is 2.43. The van der Waals surface area contributed by atoms with E-state index in [9.17, 15) is 14.0 Å². The number of ether oxygens (including phenoxy) is 2. The third-order valence-corrected chi connectivity index (χ3v) is 2.63. The van der Waals surface area contributed by atoms with Gasteiger partial charge in [-0.3, -0.25) is 9.59 Å². The van der Waals surface area contributed by atoms with Gasteiger partial charge in [-0.1, -0.05) is 26.0 Å². The first-order valence-corrected chi connectivity index (χ1v) is 7.03. The Bertz CT molecular complexity index is 471. The molecule has 0 heterocycles. The summed E-state index contributed by atoms with van der Waals surface area (Å²) in [4.78, 5) is 22.8. The summed E-state index contributed by atoms with van der Waals surface area (Å²) in [5.41, 5.74) is 0.597. The van der Waals surface area contributed by atoms with Gasteiger partial charge in [0.1, 0.15) is 12.4 Å². The molecule has 0 N–H and O–H groups in total. The molecule has 1 aromatic carbocycles. The monoisotopic (exact) mass is 296 g/mol. The number of esters is 2. The second-order valence-electron chi connectivity index (χ2n) is 5.22. The molecule has 0 aliphatic rings. The molecule has 0 aliphatic carbocycles. The van der Waals surface area contributed by atoms with Crippen LogP contribution in [0, 0.1) is 11.7 Å². The highest BCUT2D eigenvalue weighted by molar-refractivity contribution is 5.72. The fraction of sp³-hybridized carbons (Fsp3) is 0.500. The van der Waals surface area contributed by atoms with E-state index in [4.69, 9.17) is 9.47 Å². The maximum atomic E-state index is 12.9. The molecule has 5 heteroatoms. The Balaban J connectivity index is 2.15. The topological polar surface area (TPSA) is 52.6 Å². The second kappa shape index (κ2) is 9.10. The lowest BCUT2D eigenvalue weighted by Gasteiger charge is -2.07. The molecule has 116 valence electrons. The fourth-order valence-corrected chi connectivity index (χ4v) is 1.57. The molecule has 1 rings (SSSR count). The van der Waals surface area contributed by atoms with Crippen molar-refractivity contribution in [2.45, 2.75) is 39.7 Å². The van der Waals surface area contributed by atoms with Gasteiger partial charge in [-0.2, -0.15) is 0 Å². The third-order valence-electron chi connectivity index (χ3n) is 2.63. The highest BCUT2D eigenvalue weighted by atomic mass is 19.1. The van der Waals surface area contributed by atoms with Crippen LogP contribution in [0.4, 0.5) is 4.39 Å². The van der Waals surface area contributed by atoms with E-state index in [1.807, 2.05) is 13.8 Å². The van der Waals surface area contributed by atoms with E-state index in [1.54, 1.807) is 12.1 Å². The molecule has 0 bridgehead atoms. The normalized spacial score (nSPS) is 10.5. The highest BCUT2D eigenvalue weighted by Crippen LogP contribution is 2.07. The molecule has 0 radical (unpaired) electrons. The molecule has 0 unspecified atom stereocenters. The van der Waals surface area contributed by atoms with Gasteiger partial charge >= 0.3 is 11.9 Å². The predicted octanol–water partition coefficient (Wildman–Crippen LogP) is 3.24. The van der Waals surface area contributed by atoms with Gasteiger partial charge in [0, 0.05) is 12.8 Å². The molecule has 0 amide bonds. The van der Waals surface area contributed by atoms with Gasteiger partial charge in [0.05, 0.1) is 6.61 Å². The first-order chi connectivity index (χ1) is 9.97. The Kier molecular flexibility index (Phi) is 7.43. The van der Waals surface area contributed by atoms with Crippen LogP contribution in [0.1, 0.15) is 38.7 Å².